The fourth-order valence-corrected chi connectivity index (χ4v) is 2.58. The Balaban J connectivity index is 0.000000220. The molecule has 0 aromatic heterocycles. The summed E-state index contributed by atoms with van der Waals surface area (Å²) in [5.74, 6) is -0.284. The van der Waals surface area contributed by atoms with E-state index in [2.05, 4.69) is 5.32 Å². The highest BCUT2D eigenvalue weighted by Gasteiger charge is 2.36. The molecular weight excluding hydrogens is 298 g/mol. The lowest BCUT2D eigenvalue weighted by Gasteiger charge is -2.34. The second-order valence-corrected chi connectivity index (χ2v) is 5.81. The van der Waals surface area contributed by atoms with E-state index in [1.807, 2.05) is 0 Å². The lowest BCUT2D eigenvalue weighted by atomic mass is 9.83. The molecule has 9 N–H and O–H groups in total. The minimum atomic E-state index is -1.16. The Kier molecular flexibility index (Phi) is 8.11. The first-order valence-corrected chi connectivity index (χ1v) is 7.37. The quantitative estimate of drug-likeness (QED) is 0.242. The third-order valence-corrected chi connectivity index (χ3v) is 4.24. The third kappa shape index (κ3) is 4.82. The van der Waals surface area contributed by atoms with Gasteiger partial charge in [0, 0.05) is 19.1 Å². The summed E-state index contributed by atoms with van der Waals surface area (Å²) in [6.07, 6.45) is -5.11. The van der Waals surface area contributed by atoms with Crippen LogP contribution in [-0.4, -0.2) is 103 Å². The van der Waals surface area contributed by atoms with Crippen LogP contribution in [-0.2, 0) is 0 Å². The third-order valence-electron chi connectivity index (χ3n) is 4.24. The maximum absolute atomic E-state index is 9.24. The summed E-state index contributed by atoms with van der Waals surface area (Å²) < 4.78 is 0. The van der Waals surface area contributed by atoms with Crippen molar-refractivity contribution in [1.29, 1.82) is 0 Å². The molecule has 0 spiro atoms. The summed E-state index contributed by atoms with van der Waals surface area (Å²) in [6.45, 7) is -0.181. The van der Waals surface area contributed by atoms with Gasteiger partial charge in [-0.15, -0.1) is 0 Å². The van der Waals surface area contributed by atoms with Crippen LogP contribution in [0.4, 0.5) is 0 Å². The molecule has 8 atom stereocenters. The van der Waals surface area contributed by atoms with Gasteiger partial charge in [0.05, 0.1) is 37.1 Å². The van der Waals surface area contributed by atoms with Crippen LogP contribution < -0.4 is 5.32 Å². The summed E-state index contributed by atoms with van der Waals surface area (Å²) in [7, 11) is 0. The highest BCUT2D eigenvalue weighted by Crippen LogP contribution is 2.24. The van der Waals surface area contributed by atoms with E-state index < -0.39 is 42.7 Å². The van der Waals surface area contributed by atoms with Gasteiger partial charge in [-0.05, 0) is 12.8 Å². The molecule has 1 aliphatic heterocycles. The minimum Gasteiger partial charge on any atom is -0.396 e. The van der Waals surface area contributed by atoms with Gasteiger partial charge in [0.25, 0.3) is 0 Å². The van der Waals surface area contributed by atoms with Gasteiger partial charge in [0.1, 0.15) is 12.2 Å². The molecule has 2 rings (SSSR count). The normalized spacial score (nSPS) is 45.8. The van der Waals surface area contributed by atoms with E-state index in [1.54, 1.807) is 0 Å². The molecule has 0 amide bonds. The van der Waals surface area contributed by atoms with Crippen molar-refractivity contribution in [2.75, 3.05) is 19.8 Å². The van der Waals surface area contributed by atoms with Crippen LogP contribution >= 0.6 is 0 Å². The predicted molar refractivity (Wildman–Crippen MR) is 74.7 cm³/mol. The largest absolute Gasteiger partial charge is 0.396 e. The van der Waals surface area contributed by atoms with Gasteiger partial charge in [-0.2, -0.15) is 0 Å². The summed E-state index contributed by atoms with van der Waals surface area (Å²) in [4.78, 5) is 0. The van der Waals surface area contributed by atoms with Crippen molar-refractivity contribution < 1.29 is 40.9 Å². The maximum atomic E-state index is 9.24. The number of nitrogens with one attached hydrogen (secondary N) is 1. The Morgan fingerprint density at radius 2 is 1.27 bits per heavy atom. The first-order valence-electron chi connectivity index (χ1n) is 7.37. The highest BCUT2D eigenvalue weighted by atomic mass is 16.4. The molecule has 0 aromatic carbocycles. The minimum absolute atomic E-state index is 0.134. The van der Waals surface area contributed by atoms with Crippen molar-refractivity contribution >= 4 is 0 Å². The van der Waals surface area contributed by atoms with Crippen LogP contribution in [0.1, 0.15) is 12.8 Å². The summed E-state index contributed by atoms with van der Waals surface area (Å²) in [5.41, 5.74) is 0. The van der Waals surface area contributed by atoms with Crippen molar-refractivity contribution in [3.8, 4) is 0 Å². The Labute approximate surface area is 128 Å². The zero-order chi connectivity index (χ0) is 16.9. The summed E-state index contributed by atoms with van der Waals surface area (Å²) in [6, 6.07) is -0.534. The highest BCUT2D eigenvalue weighted by molar-refractivity contribution is 4.91. The monoisotopic (exact) mass is 325 g/mol. The van der Waals surface area contributed by atoms with Gasteiger partial charge in [-0.3, -0.25) is 0 Å². The topological polar surface area (TPSA) is 174 Å². The standard InChI is InChI=1S/C7H14O4.C6H13NO4/c8-3-4-1-2-5(9)7(11)6(4)10;8-2-3-5(10)6(11)4(9)1-7-3/h4-11H,1-3H2;3-11H,1-2H2/t4?,5?,6-,7-;3-,4?,5?,6-/m01/s1. The fourth-order valence-electron chi connectivity index (χ4n) is 2.58. The molecule has 9 heteroatoms. The van der Waals surface area contributed by atoms with Crippen LogP contribution in [0.15, 0.2) is 0 Å². The molecule has 1 aliphatic carbocycles. The first-order chi connectivity index (χ1) is 10.3. The number of piperidine rings is 1. The van der Waals surface area contributed by atoms with Crippen LogP contribution in [0.2, 0.25) is 0 Å². The van der Waals surface area contributed by atoms with Crippen molar-refractivity contribution in [3.63, 3.8) is 0 Å². The van der Waals surface area contributed by atoms with E-state index in [1.165, 1.54) is 0 Å². The van der Waals surface area contributed by atoms with Crippen LogP contribution in [0.5, 0.6) is 0 Å². The molecule has 1 saturated carbocycles. The molecule has 132 valence electrons. The summed E-state index contributed by atoms with van der Waals surface area (Å²) in [5, 5.41) is 74.8. The van der Waals surface area contributed by atoms with Gasteiger partial charge in [0.2, 0.25) is 0 Å². The smallest absolute Gasteiger partial charge is 0.109 e. The van der Waals surface area contributed by atoms with Gasteiger partial charge >= 0.3 is 0 Å². The van der Waals surface area contributed by atoms with Crippen LogP contribution in [0.3, 0.4) is 0 Å². The molecule has 0 bridgehead atoms. The van der Waals surface area contributed by atoms with Crippen LogP contribution in [0.25, 0.3) is 0 Å². The molecule has 0 aromatic rings. The van der Waals surface area contributed by atoms with E-state index in [-0.39, 0.29) is 25.7 Å². The molecule has 2 fully saturated rings. The van der Waals surface area contributed by atoms with Crippen molar-refractivity contribution in [2.45, 2.75) is 55.5 Å². The Morgan fingerprint density at radius 1 is 0.682 bits per heavy atom. The van der Waals surface area contributed by atoms with Gasteiger partial charge in [0.15, 0.2) is 0 Å². The van der Waals surface area contributed by atoms with Gasteiger partial charge in [-0.25, -0.2) is 0 Å². The molecule has 0 radical (unpaired) electrons. The number of aliphatic hydroxyl groups excluding tert-OH is 8. The Hall–Kier alpha value is -0.360. The van der Waals surface area contributed by atoms with Crippen molar-refractivity contribution in [1.82, 2.24) is 5.32 Å². The summed E-state index contributed by atoms with van der Waals surface area (Å²) >= 11 is 0. The second-order valence-electron chi connectivity index (χ2n) is 5.81. The number of β-amino-alcohol motifs (C(OH)–C–C–N with tert-alkyl or cyclic N) is 1. The van der Waals surface area contributed by atoms with Crippen molar-refractivity contribution in [2.24, 2.45) is 5.92 Å². The average molecular weight is 325 g/mol. The fraction of sp³-hybridized carbons (Fsp3) is 1.00. The van der Waals surface area contributed by atoms with E-state index in [4.69, 9.17) is 30.6 Å². The van der Waals surface area contributed by atoms with E-state index in [0.29, 0.717) is 12.8 Å². The molecule has 9 nitrogen and oxygen atoms in total. The number of rotatable bonds is 2. The Bertz CT molecular complexity index is 286. The molecule has 4 unspecified atom stereocenters. The number of hydrogen-bond donors (Lipinski definition) is 9. The Morgan fingerprint density at radius 3 is 1.82 bits per heavy atom. The number of hydrogen-bond acceptors (Lipinski definition) is 9. The maximum Gasteiger partial charge on any atom is 0.109 e. The van der Waals surface area contributed by atoms with Gasteiger partial charge < -0.3 is 46.2 Å². The predicted octanol–water partition coefficient (Wildman–Crippen LogP) is -4.50. The molecule has 2 aliphatic rings. The SMILES string of the molecule is OCC1CCC(O)[C@H](O)[C@H]1O.OC[C@H]1NCC(O)[C@@H](O)C1O. The average Bonchev–Trinajstić information content (AvgIpc) is 2.51. The molecule has 22 heavy (non-hydrogen) atoms. The second kappa shape index (κ2) is 9.06. The van der Waals surface area contributed by atoms with E-state index >= 15 is 0 Å². The van der Waals surface area contributed by atoms with Crippen molar-refractivity contribution in [3.05, 3.63) is 0 Å². The first kappa shape index (κ1) is 19.7. The van der Waals surface area contributed by atoms with E-state index in [9.17, 15) is 10.2 Å². The van der Waals surface area contributed by atoms with Gasteiger partial charge in [-0.1, -0.05) is 0 Å². The molecule has 1 saturated heterocycles. The van der Waals surface area contributed by atoms with E-state index in [0.717, 1.165) is 0 Å². The zero-order valence-corrected chi connectivity index (χ0v) is 12.2. The number of aliphatic hydroxyl groups is 8. The molecule has 1 heterocycles. The lowest BCUT2D eigenvalue weighted by molar-refractivity contribution is -0.118. The van der Waals surface area contributed by atoms with Crippen LogP contribution in [0, 0.1) is 5.92 Å². The molecular formula is C13H27NO8. The zero-order valence-electron chi connectivity index (χ0n) is 12.2. The lowest BCUT2D eigenvalue weighted by Crippen LogP contribution is -2.60.